The molecule has 20 heavy (non-hydrogen) atoms. The van der Waals surface area contributed by atoms with E-state index in [2.05, 4.69) is 26.9 Å². The van der Waals surface area contributed by atoms with Crippen LogP contribution in [0.4, 0.5) is 5.69 Å². The molecule has 2 N–H and O–H groups in total. The van der Waals surface area contributed by atoms with Gasteiger partial charge in [0.2, 0.25) is 6.41 Å². The van der Waals surface area contributed by atoms with Crippen molar-refractivity contribution in [3.8, 4) is 0 Å². The number of benzene rings is 1. The van der Waals surface area contributed by atoms with Crippen LogP contribution in [0.1, 0.15) is 10.4 Å². The molecule has 0 bridgehead atoms. The maximum atomic E-state index is 12.5. The number of rotatable bonds is 5. The number of nitrogens with zero attached hydrogens (tertiary/aromatic N) is 1. The van der Waals surface area contributed by atoms with Gasteiger partial charge in [-0.15, -0.1) is 16.9 Å². The summed E-state index contributed by atoms with van der Waals surface area (Å²) in [5, 5.41) is 3.57. The molecule has 0 saturated heterocycles. The van der Waals surface area contributed by atoms with E-state index in [9.17, 15) is 9.59 Å². The molecule has 104 valence electrons. The van der Waals surface area contributed by atoms with Gasteiger partial charge in [0.15, 0.2) is 0 Å². The molecule has 2 aromatic rings. The molecule has 0 unspecified atom stereocenters. The van der Waals surface area contributed by atoms with E-state index < -0.39 is 0 Å². The van der Waals surface area contributed by atoms with Crippen LogP contribution in [0.15, 0.2) is 39.5 Å². The van der Waals surface area contributed by atoms with E-state index in [-0.39, 0.29) is 5.91 Å². The van der Waals surface area contributed by atoms with Crippen molar-refractivity contribution in [1.82, 2.24) is 11.0 Å². The van der Waals surface area contributed by atoms with Crippen LogP contribution in [0.5, 0.6) is 0 Å². The summed E-state index contributed by atoms with van der Waals surface area (Å²) in [6, 6.07) is 8.34. The fraction of sp³-hybridized carbons (Fsp3) is 0. The molecule has 0 aliphatic rings. The first-order valence-corrected chi connectivity index (χ1v) is 7.46. The minimum atomic E-state index is -0.310. The Balaban J connectivity index is 2.32. The van der Waals surface area contributed by atoms with E-state index in [0.29, 0.717) is 22.7 Å². The maximum Gasteiger partial charge on any atom is 0.276 e. The van der Waals surface area contributed by atoms with Crippen molar-refractivity contribution in [3.63, 3.8) is 0 Å². The highest BCUT2D eigenvalue weighted by molar-refractivity contribution is 9.11. The Kier molecular flexibility index (Phi) is 5.13. The zero-order valence-corrected chi connectivity index (χ0v) is 13.1. The lowest BCUT2D eigenvalue weighted by Crippen LogP contribution is -2.50. The Morgan fingerprint density at radius 2 is 2.00 bits per heavy atom. The smallest absolute Gasteiger partial charge is 0.276 e. The lowest BCUT2D eigenvalue weighted by Gasteiger charge is -2.22. The number of hydrogen-bond acceptors (Lipinski definition) is 4. The largest absolute Gasteiger partial charge is 0.277 e. The van der Waals surface area contributed by atoms with E-state index >= 15 is 0 Å². The number of amides is 2. The molecular weight excluding hydrogens is 366 g/mol. The number of nitrogens with one attached hydrogen (secondary N) is 2. The monoisotopic (exact) mass is 373 g/mol. The average molecular weight is 375 g/mol. The van der Waals surface area contributed by atoms with Crippen LogP contribution >= 0.6 is 38.9 Å². The van der Waals surface area contributed by atoms with Crippen LogP contribution in [0, 0.1) is 0 Å². The van der Waals surface area contributed by atoms with Crippen LogP contribution in [0.2, 0.25) is 5.02 Å². The van der Waals surface area contributed by atoms with Crippen LogP contribution in [-0.2, 0) is 4.79 Å². The highest BCUT2D eigenvalue weighted by atomic mass is 79.9. The van der Waals surface area contributed by atoms with Gasteiger partial charge in [-0.25, -0.2) is 5.01 Å². The van der Waals surface area contributed by atoms with E-state index in [0.717, 1.165) is 3.79 Å². The second-order valence-corrected chi connectivity index (χ2v) is 6.27. The lowest BCUT2D eigenvalue weighted by molar-refractivity contribution is -0.110. The Bertz CT molecular complexity index is 617. The van der Waals surface area contributed by atoms with Crippen LogP contribution in [0.3, 0.4) is 0 Å². The number of hydrogen-bond donors (Lipinski definition) is 2. The standard InChI is InChI=1S/C12H9BrClN3O2S/c13-11-10(5-6-20-11)12(19)17(16-15-7-18)9-3-1-8(14)2-4-9/h1-7,16H,(H,15,18). The van der Waals surface area contributed by atoms with Gasteiger partial charge in [-0.3, -0.25) is 15.0 Å². The Hall–Kier alpha value is -1.41. The highest BCUT2D eigenvalue weighted by Gasteiger charge is 2.20. The molecule has 0 fully saturated rings. The lowest BCUT2D eigenvalue weighted by atomic mass is 10.2. The van der Waals surface area contributed by atoms with Crippen molar-refractivity contribution in [1.29, 1.82) is 0 Å². The quantitative estimate of drug-likeness (QED) is 0.625. The molecule has 1 aromatic heterocycles. The van der Waals surface area contributed by atoms with E-state index in [4.69, 9.17) is 11.6 Å². The van der Waals surface area contributed by atoms with E-state index in [1.54, 1.807) is 35.7 Å². The molecule has 0 aliphatic carbocycles. The summed E-state index contributed by atoms with van der Waals surface area (Å²) in [4.78, 5) is 22.9. The van der Waals surface area contributed by atoms with Crippen molar-refractivity contribution in [2.75, 3.05) is 5.01 Å². The Morgan fingerprint density at radius 1 is 1.30 bits per heavy atom. The fourth-order valence-electron chi connectivity index (χ4n) is 1.48. The number of anilines is 1. The van der Waals surface area contributed by atoms with Gasteiger partial charge in [-0.1, -0.05) is 11.6 Å². The molecule has 0 aliphatic heterocycles. The zero-order valence-electron chi connectivity index (χ0n) is 9.97. The van der Waals surface area contributed by atoms with Crippen molar-refractivity contribution < 1.29 is 9.59 Å². The summed E-state index contributed by atoms with van der Waals surface area (Å²) >= 11 is 10.5. The van der Waals surface area contributed by atoms with Crippen molar-refractivity contribution in [2.45, 2.75) is 0 Å². The first-order valence-electron chi connectivity index (χ1n) is 5.41. The van der Waals surface area contributed by atoms with Crippen LogP contribution in [-0.4, -0.2) is 12.3 Å². The van der Waals surface area contributed by atoms with Crippen molar-refractivity contribution >= 4 is 56.9 Å². The van der Waals surface area contributed by atoms with Gasteiger partial charge in [0.1, 0.15) is 0 Å². The molecule has 0 spiro atoms. The second-order valence-electron chi connectivity index (χ2n) is 3.60. The normalized spacial score (nSPS) is 10.1. The number of halogens is 2. The Morgan fingerprint density at radius 3 is 2.55 bits per heavy atom. The third kappa shape index (κ3) is 3.37. The Labute approximate surface area is 132 Å². The maximum absolute atomic E-state index is 12.5. The number of carbonyl (C=O) groups is 2. The van der Waals surface area contributed by atoms with E-state index in [1.165, 1.54) is 16.3 Å². The molecule has 0 saturated carbocycles. The van der Waals surface area contributed by atoms with Gasteiger partial charge >= 0.3 is 0 Å². The molecule has 8 heteroatoms. The topological polar surface area (TPSA) is 61.4 Å². The highest BCUT2D eigenvalue weighted by Crippen LogP contribution is 2.26. The molecule has 2 amide bonds. The molecular formula is C12H9BrClN3O2S. The minimum absolute atomic E-state index is 0.310. The first kappa shape index (κ1) is 15.0. The summed E-state index contributed by atoms with van der Waals surface area (Å²) < 4.78 is 0.717. The number of carbonyl (C=O) groups excluding carboxylic acids is 2. The van der Waals surface area contributed by atoms with Crippen LogP contribution in [0.25, 0.3) is 0 Å². The van der Waals surface area contributed by atoms with Crippen molar-refractivity contribution in [3.05, 3.63) is 50.1 Å². The SMILES string of the molecule is O=CNNN(C(=O)c1ccsc1Br)c1ccc(Cl)cc1. The summed E-state index contributed by atoms with van der Waals surface area (Å²) in [6.07, 6.45) is 0.443. The average Bonchev–Trinajstić information content (AvgIpc) is 2.87. The van der Waals surface area contributed by atoms with Gasteiger partial charge in [0.05, 0.1) is 15.0 Å². The molecule has 5 nitrogen and oxygen atoms in total. The summed E-state index contributed by atoms with van der Waals surface area (Å²) in [5.74, 6) is -0.310. The van der Waals surface area contributed by atoms with Gasteiger partial charge in [0.25, 0.3) is 5.91 Å². The number of thiophene rings is 1. The van der Waals surface area contributed by atoms with Gasteiger partial charge in [-0.2, -0.15) is 0 Å². The summed E-state index contributed by atoms with van der Waals surface area (Å²) in [5.41, 5.74) is 5.82. The molecule has 1 heterocycles. The third-order valence-electron chi connectivity index (χ3n) is 2.37. The van der Waals surface area contributed by atoms with Crippen molar-refractivity contribution in [2.24, 2.45) is 0 Å². The summed E-state index contributed by atoms with van der Waals surface area (Å²) in [7, 11) is 0. The van der Waals surface area contributed by atoms with Gasteiger partial charge < -0.3 is 0 Å². The molecule has 2 rings (SSSR count). The fourth-order valence-corrected chi connectivity index (χ4v) is 2.84. The van der Waals surface area contributed by atoms with Gasteiger partial charge in [0, 0.05) is 5.02 Å². The minimum Gasteiger partial charge on any atom is -0.277 e. The molecule has 0 radical (unpaired) electrons. The first-order chi connectivity index (χ1) is 9.63. The number of hydrazine groups is 2. The second kappa shape index (κ2) is 6.85. The molecule has 1 aromatic carbocycles. The van der Waals surface area contributed by atoms with E-state index in [1.807, 2.05) is 0 Å². The third-order valence-corrected chi connectivity index (χ3v) is 4.31. The predicted octanol–water partition coefficient (Wildman–Crippen LogP) is 2.98. The zero-order chi connectivity index (χ0) is 14.5. The summed E-state index contributed by atoms with van der Waals surface area (Å²) in [6.45, 7) is 0. The molecule has 0 atom stereocenters. The van der Waals surface area contributed by atoms with Crippen LogP contribution < -0.4 is 16.0 Å². The van der Waals surface area contributed by atoms with Gasteiger partial charge in [-0.05, 0) is 51.6 Å². The predicted molar refractivity (Wildman–Crippen MR) is 82.6 cm³/mol.